The van der Waals surface area contributed by atoms with Crippen LogP contribution in [0.1, 0.15) is 43.2 Å². The molecule has 3 nitrogen and oxygen atoms in total. The van der Waals surface area contributed by atoms with Gasteiger partial charge in [-0.05, 0) is 42.9 Å². The molecule has 19 heavy (non-hydrogen) atoms. The summed E-state index contributed by atoms with van der Waals surface area (Å²) in [7, 11) is 0. The number of nitrogens with zero attached hydrogens (tertiary/aromatic N) is 1. The molecule has 1 aromatic carbocycles. The monoisotopic (exact) mass is 257 g/mol. The molecular weight excluding hydrogens is 238 g/mol. The van der Waals surface area contributed by atoms with E-state index in [4.69, 9.17) is 5.26 Å². The van der Waals surface area contributed by atoms with Crippen LogP contribution >= 0.6 is 0 Å². The lowest BCUT2D eigenvalue weighted by molar-refractivity contribution is -0.144. The molecule has 0 aliphatic heterocycles. The standard InChI is InChI=1S/C16H19NO2/c17-11-13-8-6-12(7-9-13)10-15(16(18)19)14-4-2-1-3-5-14/h6-9,14-15H,1-5,10H2,(H,18,19)/t15-/m0/s1. The van der Waals surface area contributed by atoms with E-state index in [0.717, 1.165) is 31.2 Å². The van der Waals surface area contributed by atoms with Crippen molar-refractivity contribution >= 4 is 5.97 Å². The highest BCUT2D eigenvalue weighted by Crippen LogP contribution is 2.32. The highest BCUT2D eigenvalue weighted by atomic mass is 16.4. The summed E-state index contributed by atoms with van der Waals surface area (Å²) in [6.07, 6.45) is 6.19. The molecule has 3 heteroatoms. The third-order valence-electron chi connectivity index (χ3n) is 4.07. The molecule has 0 aromatic heterocycles. The van der Waals surface area contributed by atoms with Crippen LogP contribution in [0.3, 0.4) is 0 Å². The van der Waals surface area contributed by atoms with Crippen molar-refractivity contribution in [2.45, 2.75) is 38.5 Å². The number of aliphatic carboxylic acids is 1. The van der Waals surface area contributed by atoms with Crippen molar-refractivity contribution < 1.29 is 9.90 Å². The predicted octanol–water partition coefficient (Wildman–Crippen LogP) is 3.38. The van der Waals surface area contributed by atoms with Gasteiger partial charge < -0.3 is 5.11 Å². The Morgan fingerprint density at radius 2 is 1.89 bits per heavy atom. The summed E-state index contributed by atoms with van der Waals surface area (Å²) in [5, 5.41) is 18.2. The van der Waals surface area contributed by atoms with Crippen LogP contribution in [0.2, 0.25) is 0 Å². The van der Waals surface area contributed by atoms with Crippen molar-refractivity contribution in [3.05, 3.63) is 35.4 Å². The van der Waals surface area contributed by atoms with E-state index in [1.54, 1.807) is 12.1 Å². The lowest BCUT2D eigenvalue weighted by atomic mass is 9.77. The number of carboxylic acids is 1. The number of nitriles is 1. The number of hydrogen-bond donors (Lipinski definition) is 1. The van der Waals surface area contributed by atoms with Gasteiger partial charge in [-0.15, -0.1) is 0 Å². The molecule has 1 fully saturated rings. The van der Waals surface area contributed by atoms with Crippen molar-refractivity contribution in [1.82, 2.24) is 0 Å². The van der Waals surface area contributed by atoms with Crippen molar-refractivity contribution in [3.8, 4) is 6.07 Å². The maximum absolute atomic E-state index is 11.5. The lowest BCUT2D eigenvalue weighted by Crippen LogP contribution is -2.27. The summed E-state index contributed by atoms with van der Waals surface area (Å²) in [6.45, 7) is 0. The smallest absolute Gasteiger partial charge is 0.307 e. The van der Waals surface area contributed by atoms with Crippen LogP contribution in [0.25, 0.3) is 0 Å². The number of benzene rings is 1. The molecule has 0 unspecified atom stereocenters. The Morgan fingerprint density at radius 3 is 2.42 bits per heavy atom. The third-order valence-corrected chi connectivity index (χ3v) is 4.07. The molecule has 1 saturated carbocycles. The van der Waals surface area contributed by atoms with Gasteiger partial charge in [0.05, 0.1) is 17.6 Å². The van der Waals surface area contributed by atoms with Crippen LogP contribution < -0.4 is 0 Å². The summed E-state index contributed by atoms with van der Waals surface area (Å²) in [5.74, 6) is -0.661. The van der Waals surface area contributed by atoms with Gasteiger partial charge in [0.15, 0.2) is 0 Å². The zero-order valence-electron chi connectivity index (χ0n) is 11.0. The van der Waals surface area contributed by atoms with Crippen molar-refractivity contribution in [2.75, 3.05) is 0 Å². The third kappa shape index (κ3) is 3.57. The first-order valence-electron chi connectivity index (χ1n) is 6.92. The molecule has 0 saturated heterocycles. The van der Waals surface area contributed by atoms with Gasteiger partial charge in [-0.2, -0.15) is 5.26 Å². The highest BCUT2D eigenvalue weighted by Gasteiger charge is 2.29. The minimum absolute atomic E-state index is 0.284. The van der Waals surface area contributed by atoms with Crippen LogP contribution in [0.4, 0.5) is 0 Å². The molecule has 2 rings (SSSR count). The highest BCUT2D eigenvalue weighted by molar-refractivity contribution is 5.70. The van der Waals surface area contributed by atoms with E-state index >= 15 is 0 Å². The second kappa shape index (κ2) is 6.38. The largest absolute Gasteiger partial charge is 0.481 e. The fourth-order valence-electron chi connectivity index (χ4n) is 2.96. The number of hydrogen-bond acceptors (Lipinski definition) is 2. The average Bonchev–Trinajstić information content (AvgIpc) is 2.46. The molecule has 1 aromatic rings. The second-order valence-corrected chi connectivity index (χ2v) is 5.36. The van der Waals surface area contributed by atoms with Gasteiger partial charge in [0.25, 0.3) is 0 Å². The fraction of sp³-hybridized carbons (Fsp3) is 0.500. The van der Waals surface area contributed by atoms with Gasteiger partial charge in [-0.25, -0.2) is 0 Å². The molecule has 1 N–H and O–H groups in total. The van der Waals surface area contributed by atoms with Gasteiger partial charge in [0.1, 0.15) is 0 Å². The van der Waals surface area contributed by atoms with Crippen LogP contribution in [0.15, 0.2) is 24.3 Å². The molecule has 0 amide bonds. The first-order chi connectivity index (χ1) is 9.20. The molecule has 0 spiro atoms. The molecule has 0 bridgehead atoms. The van der Waals surface area contributed by atoms with E-state index in [1.807, 2.05) is 12.1 Å². The summed E-state index contributed by atoms with van der Waals surface area (Å²) in [5.41, 5.74) is 1.63. The van der Waals surface area contributed by atoms with Crippen LogP contribution in [0, 0.1) is 23.2 Å². The van der Waals surface area contributed by atoms with Crippen LogP contribution in [-0.4, -0.2) is 11.1 Å². The van der Waals surface area contributed by atoms with E-state index < -0.39 is 5.97 Å². The normalized spacial score (nSPS) is 17.6. The lowest BCUT2D eigenvalue weighted by Gasteiger charge is -2.27. The zero-order valence-corrected chi connectivity index (χ0v) is 11.0. The first kappa shape index (κ1) is 13.6. The zero-order chi connectivity index (χ0) is 13.7. The van der Waals surface area contributed by atoms with Gasteiger partial charge in [0.2, 0.25) is 0 Å². The Kier molecular flexibility index (Phi) is 4.57. The SMILES string of the molecule is N#Cc1ccc(C[C@H](C(=O)O)C2CCCCC2)cc1. The Morgan fingerprint density at radius 1 is 1.26 bits per heavy atom. The molecule has 0 heterocycles. The van der Waals surface area contributed by atoms with E-state index in [2.05, 4.69) is 6.07 Å². The van der Waals surface area contributed by atoms with Crippen molar-refractivity contribution in [3.63, 3.8) is 0 Å². The summed E-state index contributed by atoms with van der Waals surface area (Å²) >= 11 is 0. The number of carboxylic acid groups (broad SMARTS) is 1. The first-order valence-corrected chi connectivity index (χ1v) is 6.92. The Balaban J connectivity index is 2.07. The molecular formula is C16H19NO2. The minimum atomic E-state index is -0.684. The fourth-order valence-corrected chi connectivity index (χ4v) is 2.96. The van der Waals surface area contributed by atoms with E-state index in [1.165, 1.54) is 6.42 Å². The predicted molar refractivity (Wildman–Crippen MR) is 72.6 cm³/mol. The van der Waals surface area contributed by atoms with Gasteiger partial charge in [-0.3, -0.25) is 4.79 Å². The van der Waals surface area contributed by atoms with Crippen molar-refractivity contribution in [2.24, 2.45) is 11.8 Å². The van der Waals surface area contributed by atoms with E-state index in [9.17, 15) is 9.90 Å². The maximum atomic E-state index is 11.5. The second-order valence-electron chi connectivity index (χ2n) is 5.36. The van der Waals surface area contributed by atoms with Gasteiger partial charge >= 0.3 is 5.97 Å². The van der Waals surface area contributed by atoms with E-state index in [0.29, 0.717) is 17.9 Å². The quantitative estimate of drug-likeness (QED) is 0.899. The summed E-state index contributed by atoms with van der Waals surface area (Å²) in [4.78, 5) is 11.5. The molecule has 0 radical (unpaired) electrons. The van der Waals surface area contributed by atoms with Gasteiger partial charge in [-0.1, -0.05) is 31.4 Å². The summed E-state index contributed by atoms with van der Waals surface area (Å²) < 4.78 is 0. The van der Waals surface area contributed by atoms with Gasteiger partial charge in [0, 0.05) is 0 Å². The molecule has 100 valence electrons. The Bertz CT molecular complexity index is 467. The number of carbonyl (C=O) groups is 1. The molecule has 1 atom stereocenters. The number of rotatable bonds is 4. The molecule has 1 aliphatic carbocycles. The van der Waals surface area contributed by atoms with Crippen molar-refractivity contribution in [1.29, 1.82) is 5.26 Å². The Labute approximate surface area is 113 Å². The van der Waals surface area contributed by atoms with E-state index in [-0.39, 0.29) is 5.92 Å². The molecule has 1 aliphatic rings. The topological polar surface area (TPSA) is 61.1 Å². The Hall–Kier alpha value is -1.82. The minimum Gasteiger partial charge on any atom is -0.481 e. The average molecular weight is 257 g/mol. The van der Waals surface area contributed by atoms with Crippen LogP contribution in [0.5, 0.6) is 0 Å². The van der Waals surface area contributed by atoms with Crippen LogP contribution in [-0.2, 0) is 11.2 Å². The maximum Gasteiger partial charge on any atom is 0.307 e. The summed E-state index contributed by atoms with van der Waals surface area (Å²) in [6, 6.07) is 9.34.